The Labute approximate surface area is 115 Å². The summed E-state index contributed by atoms with van der Waals surface area (Å²) in [5, 5.41) is 3.93. The molecule has 0 heterocycles. The molecule has 1 rings (SSSR count). The number of benzene rings is 1. The van der Waals surface area contributed by atoms with Gasteiger partial charge in [-0.05, 0) is 55.5 Å². The zero-order valence-corrected chi connectivity index (χ0v) is 12.2. The highest BCUT2D eigenvalue weighted by Gasteiger charge is 2.13. The first-order chi connectivity index (χ1) is 8.52. The van der Waals surface area contributed by atoms with E-state index in [1.807, 2.05) is 0 Å². The highest BCUT2D eigenvalue weighted by atomic mass is 35.5. The molecule has 3 heteroatoms. The highest BCUT2D eigenvalue weighted by Crippen LogP contribution is 2.23. The summed E-state index contributed by atoms with van der Waals surface area (Å²) in [4.78, 5) is 0. The summed E-state index contributed by atoms with van der Waals surface area (Å²) in [6.45, 7) is 8.53. The third kappa shape index (κ3) is 5.36. The van der Waals surface area contributed by atoms with Crippen molar-refractivity contribution in [2.24, 2.45) is 11.8 Å². The van der Waals surface area contributed by atoms with E-state index in [9.17, 15) is 4.39 Å². The van der Waals surface area contributed by atoms with Gasteiger partial charge in [0, 0.05) is 5.02 Å². The van der Waals surface area contributed by atoms with Crippen LogP contribution in [-0.4, -0.2) is 13.1 Å². The Bertz CT molecular complexity index is 366. The second-order valence-electron chi connectivity index (χ2n) is 5.24. The Morgan fingerprint density at radius 3 is 2.61 bits per heavy atom. The van der Waals surface area contributed by atoms with Crippen LogP contribution in [0.25, 0.3) is 0 Å². The minimum absolute atomic E-state index is 0.268. The molecule has 1 aromatic rings. The molecule has 0 saturated heterocycles. The monoisotopic (exact) mass is 271 g/mol. The van der Waals surface area contributed by atoms with Gasteiger partial charge in [-0.15, -0.1) is 0 Å². The van der Waals surface area contributed by atoms with Crippen LogP contribution in [0.1, 0.15) is 32.8 Å². The van der Waals surface area contributed by atoms with Crippen LogP contribution in [0.2, 0.25) is 5.02 Å². The molecule has 1 N–H and O–H groups in total. The minimum Gasteiger partial charge on any atom is -0.317 e. The first kappa shape index (κ1) is 15.5. The summed E-state index contributed by atoms with van der Waals surface area (Å²) in [7, 11) is 0. The standard InChI is InChI=1S/C15H23ClFN/c1-4-18-10-12(7-11(2)3)8-13-5-6-14(17)9-15(13)16/h5-6,9,11-12,18H,4,7-8,10H2,1-3H3. The second-order valence-corrected chi connectivity index (χ2v) is 5.65. The van der Waals surface area contributed by atoms with Crippen LogP contribution in [-0.2, 0) is 6.42 Å². The molecule has 0 aliphatic carbocycles. The van der Waals surface area contributed by atoms with E-state index in [0.717, 1.165) is 31.5 Å². The van der Waals surface area contributed by atoms with E-state index in [0.29, 0.717) is 16.9 Å². The molecule has 0 saturated carbocycles. The Morgan fingerprint density at radius 2 is 2.06 bits per heavy atom. The van der Waals surface area contributed by atoms with Gasteiger partial charge in [0.1, 0.15) is 5.82 Å². The van der Waals surface area contributed by atoms with Gasteiger partial charge in [-0.1, -0.05) is 38.4 Å². The van der Waals surface area contributed by atoms with Crippen LogP contribution in [0, 0.1) is 17.7 Å². The lowest BCUT2D eigenvalue weighted by atomic mass is 9.91. The predicted molar refractivity (Wildman–Crippen MR) is 76.6 cm³/mol. The fraction of sp³-hybridized carbons (Fsp3) is 0.600. The van der Waals surface area contributed by atoms with Crippen molar-refractivity contribution in [2.75, 3.05) is 13.1 Å². The van der Waals surface area contributed by atoms with E-state index in [-0.39, 0.29) is 5.82 Å². The minimum atomic E-state index is -0.268. The van der Waals surface area contributed by atoms with Crippen molar-refractivity contribution < 1.29 is 4.39 Å². The molecule has 1 atom stereocenters. The summed E-state index contributed by atoms with van der Waals surface area (Å²) < 4.78 is 13.0. The van der Waals surface area contributed by atoms with Gasteiger partial charge in [-0.2, -0.15) is 0 Å². The van der Waals surface area contributed by atoms with Crippen molar-refractivity contribution in [3.8, 4) is 0 Å². The zero-order valence-electron chi connectivity index (χ0n) is 11.5. The van der Waals surface area contributed by atoms with E-state index in [1.54, 1.807) is 6.07 Å². The molecule has 1 unspecified atom stereocenters. The van der Waals surface area contributed by atoms with Crippen LogP contribution >= 0.6 is 11.6 Å². The van der Waals surface area contributed by atoms with Crippen LogP contribution < -0.4 is 5.32 Å². The van der Waals surface area contributed by atoms with Gasteiger partial charge >= 0.3 is 0 Å². The lowest BCUT2D eigenvalue weighted by Gasteiger charge is -2.20. The summed E-state index contributed by atoms with van der Waals surface area (Å²) in [6, 6.07) is 4.69. The zero-order chi connectivity index (χ0) is 13.5. The van der Waals surface area contributed by atoms with Crippen molar-refractivity contribution >= 4 is 11.6 Å². The van der Waals surface area contributed by atoms with E-state index in [2.05, 4.69) is 26.1 Å². The summed E-state index contributed by atoms with van der Waals surface area (Å²) in [5.41, 5.74) is 1.04. The molecule has 102 valence electrons. The molecule has 0 aliphatic rings. The molecule has 18 heavy (non-hydrogen) atoms. The van der Waals surface area contributed by atoms with Crippen molar-refractivity contribution in [2.45, 2.75) is 33.6 Å². The lowest BCUT2D eigenvalue weighted by molar-refractivity contribution is 0.388. The molecule has 0 aromatic heterocycles. The van der Waals surface area contributed by atoms with Crippen LogP contribution in [0.5, 0.6) is 0 Å². The van der Waals surface area contributed by atoms with Gasteiger partial charge < -0.3 is 5.32 Å². The lowest BCUT2D eigenvalue weighted by Crippen LogP contribution is -2.25. The van der Waals surface area contributed by atoms with Crippen LogP contribution in [0.3, 0.4) is 0 Å². The Kier molecular flexibility index (Phi) is 6.66. The number of nitrogens with one attached hydrogen (secondary N) is 1. The molecule has 0 amide bonds. The molecular weight excluding hydrogens is 249 g/mol. The van der Waals surface area contributed by atoms with E-state index in [4.69, 9.17) is 11.6 Å². The van der Waals surface area contributed by atoms with Crippen LogP contribution in [0.15, 0.2) is 18.2 Å². The Morgan fingerprint density at radius 1 is 1.33 bits per heavy atom. The largest absolute Gasteiger partial charge is 0.317 e. The first-order valence-corrected chi connectivity index (χ1v) is 7.05. The topological polar surface area (TPSA) is 12.0 Å². The summed E-state index contributed by atoms with van der Waals surface area (Å²) >= 11 is 6.08. The highest BCUT2D eigenvalue weighted by molar-refractivity contribution is 6.31. The smallest absolute Gasteiger partial charge is 0.124 e. The molecule has 0 radical (unpaired) electrons. The van der Waals surface area contributed by atoms with Gasteiger partial charge in [0.15, 0.2) is 0 Å². The van der Waals surface area contributed by atoms with Gasteiger partial charge in [0.2, 0.25) is 0 Å². The molecule has 0 aliphatic heterocycles. The van der Waals surface area contributed by atoms with Crippen molar-refractivity contribution in [1.29, 1.82) is 0 Å². The Hall–Kier alpha value is -0.600. The van der Waals surface area contributed by atoms with Crippen molar-refractivity contribution in [3.63, 3.8) is 0 Å². The molecule has 0 bridgehead atoms. The maximum atomic E-state index is 13.0. The van der Waals surface area contributed by atoms with Gasteiger partial charge in [0.25, 0.3) is 0 Å². The fourth-order valence-corrected chi connectivity index (χ4v) is 2.50. The van der Waals surface area contributed by atoms with E-state index in [1.165, 1.54) is 12.1 Å². The Balaban J connectivity index is 2.68. The van der Waals surface area contributed by atoms with Gasteiger partial charge in [0.05, 0.1) is 0 Å². The average Bonchev–Trinajstić information content (AvgIpc) is 2.29. The quantitative estimate of drug-likeness (QED) is 0.780. The molecule has 1 nitrogen and oxygen atoms in total. The molecule has 0 spiro atoms. The van der Waals surface area contributed by atoms with Gasteiger partial charge in [-0.3, -0.25) is 0 Å². The third-order valence-corrected chi connectivity index (χ3v) is 3.36. The normalized spacial score (nSPS) is 13.0. The fourth-order valence-electron chi connectivity index (χ4n) is 2.25. The number of hydrogen-bond donors (Lipinski definition) is 1. The van der Waals surface area contributed by atoms with Crippen LogP contribution in [0.4, 0.5) is 4.39 Å². The SMILES string of the molecule is CCNCC(Cc1ccc(F)cc1Cl)CC(C)C. The van der Waals surface area contributed by atoms with E-state index >= 15 is 0 Å². The number of hydrogen-bond acceptors (Lipinski definition) is 1. The second kappa shape index (κ2) is 7.75. The third-order valence-electron chi connectivity index (χ3n) is 3.01. The van der Waals surface area contributed by atoms with E-state index < -0.39 is 0 Å². The van der Waals surface area contributed by atoms with Gasteiger partial charge in [-0.25, -0.2) is 4.39 Å². The van der Waals surface area contributed by atoms with Crippen molar-refractivity contribution in [1.82, 2.24) is 5.32 Å². The average molecular weight is 272 g/mol. The maximum Gasteiger partial charge on any atom is 0.124 e. The molecular formula is C15H23ClFN. The predicted octanol–water partition coefficient (Wildman–Crippen LogP) is 4.29. The maximum absolute atomic E-state index is 13.0. The number of rotatable bonds is 7. The molecule has 0 fully saturated rings. The summed E-state index contributed by atoms with van der Waals surface area (Å²) in [5.74, 6) is 0.941. The first-order valence-electron chi connectivity index (χ1n) is 6.67. The van der Waals surface area contributed by atoms with Crippen molar-refractivity contribution in [3.05, 3.63) is 34.6 Å². The molecule has 1 aromatic carbocycles. The summed E-state index contributed by atoms with van der Waals surface area (Å²) in [6.07, 6.45) is 2.06. The number of halogens is 2.